The number of fused-ring (bicyclic) bond motifs is 1. The Hall–Kier alpha value is -3.16. The fourth-order valence-corrected chi connectivity index (χ4v) is 2.64. The fourth-order valence-electron chi connectivity index (χ4n) is 2.64. The van der Waals surface area contributed by atoms with E-state index >= 15 is 0 Å². The Labute approximate surface area is 145 Å². The molecule has 2 amide bonds. The molecule has 0 bridgehead atoms. The van der Waals surface area contributed by atoms with Crippen molar-refractivity contribution in [1.29, 1.82) is 0 Å². The van der Waals surface area contributed by atoms with Crippen molar-refractivity contribution in [2.45, 2.75) is 13.0 Å². The summed E-state index contributed by atoms with van der Waals surface area (Å²) in [4.78, 5) is 33.9. The second-order valence-corrected chi connectivity index (χ2v) is 5.66. The van der Waals surface area contributed by atoms with Gasteiger partial charge in [-0.15, -0.1) is 0 Å². The van der Waals surface area contributed by atoms with E-state index in [9.17, 15) is 9.59 Å². The van der Waals surface area contributed by atoms with Crippen molar-refractivity contribution in [3.05, 3.63) is 47.3 Å². The number of nitrogens with two attached hydrogens (primary N) is 1. The third kappa shape index (κ3) is 3.85. The van der Waals surface area contributed by atoms with Gasteiger partial charge in [0.2, 0.25) is 5.95 Å². The summed E-state index contributed by atoms with van der Waals surface area (Å²) in [6.45, 7) is 0.871. The topological polar surface area (TPSA) is 110 Å². The van der Waals surface area contributed by atoms with Gasteiger partial charge in [0.05, 0.1) is 12.2 Å². The Bertz CT molecular complexity index is 809. The third-order valence-electron chi connectivity index (χ3n) is 4.00. The monoisotopic (exact) mass is 341 g/mol. The predicted molar refractivity (Wildman–Crippen MR) is 90.9 cm³/mol. The fraction of sp³-hybridized carbons (Fsp3) is 0.294. The first-order chi connectivity index (χ1) is 12.1. The standard InChI is InChI=1S/C17H19N5O3/c1-19-16(24)11-3-2-4-13(7-11)25-10-15(23)22-6-5-12-8-20-17(18)21-14(12)9-22/h2-4,7-8H,5-6,9-10H2,1H3,(H,19,24)(H2,18,20,21). The largest absolute Gasteiger partial charge is 0.484 e. The lowest BCUT2D eigenvalue weighted by Gasteiger charge is -2.27. The number of ether oxygens (including phenoxy) is 1. The number of carbonyl (C=O) groups excluding carboxylic acids is 2. The minimum atomic E-state index is -0.207. The van der Waals surface area contributed by atoms with Crippen LogP contribution in [-0.2, 0) is 17.8 Å². The van der Waals surface area contributed by atoms with E-state index in [1.807, 2.05) is 0 Å². The van der Waals surface area contributed by atoms with Crippen LogP contribution in [0.25, 0.3) is 0 Å². The minimum Gasteiger partial charge on any atom is -0.484 e. The number of nitrogen functional groups attached to an aromatic ring is 1. The van der Waals surface area contributed by atoms with E-state index in [0.29, 0.717) is 30.8 Å². The second-order valence-electron chi connectivity index (χ2n) is 5.66. The molecule has 0 aliphatic carbocycles. The molecular weight excluding hydrogens is 322 g/mol. The molecule has 3 N–H and O–H groups in total. The van der Waals surface area contributed by atoms with Crippen LogP contribution in [0.5, 0.6) is 5.75 Å². The molecule has 25 heavy (non-hydrogen) atoms. The summed E-state index contributed by atoms with van der Waals surface area (Å²) in [5, 5.41) is 2.55. The van der Waals surface area contributed by atoms with Crippen LogP contribution in [0.3, 0.4) is 0 Å². The van der Waals surface area contributed by atoms with Gasteiger partial charge in [0.1, 0.15) is 5.75 Å². The van der Waals surface area contributed by atoms with Crippen molar-refractivity contribution in [1.82, 2.24) is 20.2 Å². The summed E-state index contributed by atoms with van der Waals surface area (Å²) >= 11 is 0. The molecule has 8 heteroatoms. The lowest BCUT2D eigenvalue weighted by molar-refractivity contribution is -0.134. The molecule has 0 radical (unpaired) electrons. The maximum absolute atomic E-state index is 12.4. The maximum Gasteiger partial charge on any atom is 0.260 e. The quantitative estimate of drug-likeness (QED) is 0.832. The normalized spacial score (nSPS) is 13.1. The highest BCUT2D eigenvalue weighted by atomic mass is 16.5. The van der Waals surface area contributed by atoms with Crippen LogP contribution in [0.4, 0.5) is 5.95 Å². The number of hydrogen-bond donors (Lipinski definition) is 2. The molecule has 0 saturated heterocycles. The van der Waals surface area contributed by atoms with Crippen molar-refractivity contribution in [3.8, 4) is 5.75 Å². The molecule has 0 atom stereocenters. The molecule has 2 heterocycles. The molecule has 3 rings (SSSR count). The van der Waals surface area contributed by atoms with E-state index in [1.165, 1.54) is 0 Å². The van der Waals surface area contributed by atoms with E-state index in [-0.39, 0.29) is 24.4 Å². The minimum absolute atomic E-state index is 0.104. The van der Waals surface area contributed by atoms with Crippen LogP contribution in [0.2, 0.25) is 0 Å². The van der Waals surface area contributed by atoms with Crippen molar-refractivity contribution in [2.24, 2.45) is 0 Å². The van der Waals surface area contributed by atoms with Gasteiger partial charge in [-0.2, -0.15) is 0 Å². The van der Waals surface area contributed by atoms with Crippen LogP contribution < -0.4 is 15.8 Å². The molecule has 1 aromatic carbocycles. The number of aromatic nitrogens is 2. The molecular formula is C17H19N5O3. The smallest absolute Gasteiger partial charge is 0.260 e. The first-order valence-corrected chi connectivity index (χ1v) is 7.90. The van der Waals surface area contributed by atoms with E-state index in [0.717, 1.165) is 11.3 Å². The molecule has 8 nitrogen and oxygen atoms in total. The molecule has 0 saturated carbocycles. The van der Waals surface area contributed by atoms with E-state index in [2.05, 4.69) is 15.3 Å². The molecule has 2 aromatic rings. The Kier molecular flexibility index (Phi) is 4.78. The second kappa shape index (κ2) is 7.16. The maximum atomic E-state index is 12.4. The van der Waals surface area contributed by atoms with Crippen LogP contribution in [0.15, 0.2) is 30.5 Å². The van der Waals surface area contributed by atoms with Crippen LogP contribution in [0, 0.1) is 0 Å². The van der Waals surface area contributed by atoms with Gasteiger partial charge < -0.3 is 20.7 Å². The number of carbonyl (C=O) groups is 2. The highest BCUT2D eigenvalue weighted by Crippen LogP contribution is 2.18. The van der Waals surface area contributed by atoms with Crippen molar-refractivity contribution in [2.75, 3.05) is 25.9 Å². The van der Waals surface area contributed by atoms with Crippen LogP contribution in [-0.4, -0.2) is 46.9 Å². The zero-order valence-electron chi connectivity index (χ0n) is 13.9. The van der Waals surface area contributed by atoms with Gasteiger partial charge in [-0.1, -0.05) is 6.07 Å². The first kappa shape index (κ1) is 16.7. The number of rotatable bonds is 4. The summed E-state index contributed by atoms with van der Waals surface area (Å²) in [5.41, 5.74) is 7.87. The van der Waals surface area contributed by atoms with Crippen molar-refractivity contribution in [3.63, 3.8) is 0 Å². The average Bonchev–Trinajstić information content (AvgIpc) is 2.65. The van der Waals surface area contributed by atoms with Gasteiger partial charge >= 0.3 is 0 Å². The first-order valence-electron chi connectivity index (χ1n) is 7.90. The summed E-state index contributed by atoms with van der Waals surface area (Å²) in [7, 11) is 1.56. The van der Waals surface area contributed by atoms with Crippen LogP contribution in [0.1, 0.15) is 21.6 Å². The van der Waals surface area contributed by atoms with E-state index in [1.54, 1.807) is 42.4 Å². The highest BCUT2D eigenvalue weighted by Gasteiger charge is 2.22. The Morgan fingerprint density at radius 1 is 1.40 bits per heavy atom. The van der Waals surface area contributed by atoms with Gasteiger partial charge in [-0.05, 0) is 30.2 Å². The Balaban J connectivity index is 1.61. The Morgan fingerprint density at radius 2 is 2.24 bits per heavy atom. The number of nitrogens with one attached hydrogen (secondary N) is 1. The molecule has 0 unspecified atom stereocenters. The van der Waals surface area contributed by atoms with Gasteiger partial charge in [-0.25, -0.2) is 9.97 Å². The van der Waals surface area contributed by atoms with Gasteiger partial charge in [-0.3, -0.25) is 9.59 Å². The summed E-state index contributed by atoms with van der Waals surface area (Å²) < 4.78 is 5.54. The molecule has 0 spiro atoms. The predicted octanol–water partition coefficient (Wildman–Crippen LogP) is 0.382. The molecule has 1 aliphatic rings. The summed E-state index contributed by atoms with van der Waals surface area (Å²) in [6, 6.07) is 6.70. The molecule has 130 valence electrons. The van der Waals surface area contributed by atoms with Gasteiger partial charge in [0.25, 0.3) is 11.8 Å². The Morgan fingerprint density at radius 3 is 3.04 bits per heavy atom. The number of nitrogens with zero attached hydrogens (tertiary/aromatic N) is 3. The molecule has 1 aliphatic heterocycles. The van der Waals surface area contributed by atoms with Crippen LogP contribution >= 0.6 is 0 Å². The van der Waals surface area contributed by atoms with Gasteiger partial charge in [0.15, 0.2) is 6.61 Å². The average molecular weight is 341 g/mol. The molecule has 1 aromatic heterocycles. The number of amides is 2. The summed E-state index contributed by atoms with van der Waals surface area (Å²) in [5.74, 6) is 0.323. The van der Waals surface area contributed by atoms with E-state index in [4.69, 9.17) is 10.5 Å². The lowest BCUT2D eigenvalue weighted by atomic mass is 10.1. The zero-order valence-corrected chi connectivity index (χ0v) is 13.9. The number of hydrogen-bond acceptors (Lipinski definition) is 6. The van der Waals surface area contributed by atoms with Gasteiger partial charge in [0, 0.05) is 25.4 Å². The number of anilines is 1. The van der Waals surface area contributed by atoms with E-state index < -0.39 is 0 Å². The highest BCUT2D eigenvalue weighted by molar-refractivity contribution is 5.94. The molecule has 0 fully saturated rings. The third-order valence-corrected chi connectivity index (χ3v) is 4.00. The SMILES string of the molecule is CNC(=O)c1cccc(OCC(=O)N2CCc3cnc(N)nc3C2)c1. The number of benzene rings is 1. The lowest BCUT2D eigenvalue weighted by Crippen LogP contribution is -2.39. The van der Waals surface area contributed by atoms with Crippen molar-refractivity contribution < 1.29 is 14.3 Å². The summed E-state index contributed by atoms with van der Waals surface area (Å²) in [6.07, 6.45) is 2.40. The van der Waals surface area contributed by atoms with Crippen molar-refractivity contribution >= 4 is 17.8 Å². The zero-order chi connectivity index (χ0) is 17.8.